The Morgan fingerprint density at radius 1 is 1.33 bits per heavy atom. The van der Waals surface area contributed by atoms with Gasteiger partial charge in [-0.3, -0.25) is 0 Å². The largest absolute Gasteiger partial charge is 0.478 e. The second kappa shape index (κ2) is 4.64. The summed E-state index contributed by atoms with van der Waals surface area (Å²) in [6, 6.07) is 2.46. The number of halogens is 3. The van der Waals surface area contributed by atoms with Gasteiger partial charge < -0.3 is 5.11 Å². The van der Waals surface area contributed by atoms with Crippen LogP contribution in [0.15, 0.2) is 12.1 Å². The normalized spacial score (nSPS) is 8.83. The van der Waals surface area contributed by atoms with Gasteiger partial charge >= 0.3 is 5.97 Å². The molecule has 1 heterocycles. The minimum Gasteiger partial charge on any atom is -0.478 e. The summed E-state index contributed by atoms with van der Waals surface area (Å²) < 4.78 is 0. The minimum atomic E-state index is -1.07. The third-order valence-electron chi connectivity index (χ3n) is 1.01. The van der Waals surface area contributed by atoms with Crippen LogP contribution in [0.2, 0.25) is 10.3 Å². The molecule has 1 aromatic rings. The van der Waals surface area contributed by atoms with Gasteiger partial charge in [0, 0.05) is 0 Å². The molecule has 1 N–H and O–H groups in total. The fourth-order valence-corrected chi connectivity index (χ4v) is 1.05. The third kappa shape index (κ3) is 2.97. The van der Waals surface area contributed by atoms with Crippen molar-refractivity contribution in [3.05, 3.63) is 28.0 Å². The number of pyridine rings is 1. The zero-order chi connectivity index (χ0) is 8.43. The molecule has 0 saturated carbocycles. The smallest absolute Gasteiger partial charge is 0.335 e. The van der Waals surface area contributed by atoms with E-state index < -0.39 is 5.97 Å². The Balaban J connectivity index is 0.00000121. The van der Waals surface area contributed by atoms with Crippen molar-refractivity contribution >= 4 is 46.2 Å². The van der Waals surface area contributed by atoms with Gasteiger partial charge in [-0.1, -0.05) is 23.2 Å². The molecule has 0 fully saturated rings. The first-order chi connectivity index (χ1) is 5.09. The van der Waals surface area contributed by atoms with Crippen LogP contribution in [0.3, 0.4) is 0 Å². The van der Waals surface area contributed by atoms with Gasteiger partial charge in [0.1, 0.15) is 10.3 Å². The minimum absolute atomic E-state index is 0. The second-order valence-corrected chi connectivity index (χ2v) is 2.58. The average Bonchev–Trinajstić information content (AvgIpc) is 1.85. The summed E-state index contributed by atoms with van der Waals surface area (Å²) in [5.74, 6) is -1.07. The lowest BCUT2D eigenvalue weighted by atomic mass is 10.3. The summed E-state index contributed by atoms with van der Waals surface area (Å²) >= 11 is 10.9. The fraction of sp³-hybridized carbons (Fsp3) is 0. The molecule has 0 spiro atoms. The third-order valence-corrected chi connectivity index (χ3v) is 1.40. The lowest BCUT2D eigenvalue weighted by molar-refractivity contribution is 0.0697. The number of carboxylic acids is 1. The molecule has 0 aliphatic carbocycles. The van der Waals surface area contributed by atoms with Crippen molar-refractivity contribution in [2.45, 2.75) is 0 Å². The lowest BCUT2D eigenvalue weighted by Gasteiger charge is -1.94. The van der Waals surface area contributed by atoms with E-state index in [0.717, 1.165) is 0 Å². The summed E-state index contributed by atoms with van der Waals surface area (Å²) in [4.78, 5) is 13.9. The summed E-state index contributed by atoms with van der Waals surface area (Å²) in [5, 5.41) is 8.65. The van der Waals surface area contributed by atoms with Crippen LogP contribution in [0.5, 0.6) is 0 Å². The van der Waals surface area contributed by atoms with Gasteiger partial charge in [-0.25, -0.2) is 9.78 Å². The Bertz CT molecular complexity index is 285. The first kappa shape index (κ1) is 11.7. The van der Waals surface area contributed by atoms with Crippen molar-refractivity contribution in [1.82, 2.24) is 4.98 Å². The van der Waals surface area contributed by atoms with Crippen LogP contribution in [-0.4, -0.2) is 16.1 Å². The summed E-state index contributed by atoms with van der Waals surface area (Å²) in [5.41, 5.74) is 0.0370. The molecule has 1 rings (SSSR count). The number of hydrogen-bond acceptors (Lipinski definition) is 2. The van der Waals surface area contributed by atoms with E-state index in [9.17, 15) is 4.79 Å². The lowest BCUT2D eigenvalue weighted by Crippen LogP contribution is -1.96. The number of rotatable bonds is 1. The molecule has 3 nitrogen and oxygen atoms in total. The average molecular weight is 273 g/mol. The highest BCUT2D eigenvalue weighted by molar-refractivity contribution is 8.93. The Hall–Kier alpha value is -0.320. The Kier molecular flexibility index (Phi) is 4.52. The molecule has 66 valence electrons. The molecule has 0 aliphatic heterocycles. The van der Waals surface area contributed by atoms with Gasteiger partial charge in [-0.05, 0) is 12.1 Å². The van der Waals surface area contributed by atoms with Crippen molar-refractivity contribution in [1.29, 1.82) is 0 Å². The molecule has 1 aromatic heterocycles. The highest BCUT2D eigenvalue weighted by Crippen LogP contribution is 2.14. The van der Waals surface area contributed by atoms with Crippen molar-refractivity contribution in [3.8, 4) is 0 Å². The Labute approximate surface area is 89.1 Å². The van der Waals surface area contributed by atoms with E-state index in [1.54, 1.807) is 0 Å². The Morgan fingerprint density at radius 2 is 1.75 bits per heavy atom. The van der Waals surface area contributed by atoms with Gasteiger partial charge in [-0.2, -0.15) is 0 Å². The zero-order valence-corrected chi connectivity index (χ0v) is 8.85. The number of hydrogen-bond donors (Lipinski definition) is 1. The van der Waals surface area contributed by atoms with Crippen molar-refractivity contribution in [3.63, 3.8) is 0 Å². The predicted octanol–water partition coefficient (Wildman–Crippen LogP) is 2.66. The number of carboxylic acid groups (broad SMARTS) is 1. The molecular formula is C6H4BrCl2NO2. The number of aromatic nitrogens is 1. The SMILES string of the molecule is Br.O=C(O)c1cc(Cl)nc(Cl)c1. The zero-order valence-electron chi connectivity index (χ0n) is 5.62. The predicted molar refractivity (Wildman–Crippen MR) is 51.5 cm³/mol. The van der Waals surface area contributed by atoms with E-state index in [0.29, 0.717) is 0 Å². The first-order valence-corrected chi connectivity index (χ1v) is 3.41. The van der Waals surface area contributed by atoms with Crippen LogP contribution >= 0.6 is 40.2 Å². The quantitative estimate of drug-likeness (QED) is 0.800. The molecule has 0 amide bonds. The Morgan fingerprint density at radius 3 is 2.08 bits per heavy atom. The molecule has 0 saturated heterocycles. The standard InChI is InChI=1S/C6H3Cl2NO2.BrH/c7-4-1-3(6(10)11)2-5(8)9-4;/h1-2H,(H,10,11);1H. The molecule has 6 heteroatoms. The summed E-state index contributed by atoms with van der Waals surface area (Å²) in [6.45, 7) is 0. The van der Waals surface area contributed by atoms with Crippen LogP contribution in [0.4, 0.5) is 0 Å². The van der Waals surface area contributed by atoms with E-state index in [1.807, 2.05) is 0 Å². The molecule has 0 aromatic carbocycles. The topological polar surface area (TPSA) is 50.2 Å². The molecule has 0 aliphatic rings. The summed E-state index contributed by atoms with van der Waals surface area (Å²) in [6.07, 6.45) is 0. The van der Waals surface area contributed by atoms with E-state index in [2.05, 4.69) is 4.98 Å². The van der Waals surface area contributed by atoms with Gasteiger partial charge in [0.15, 0.2) is 0 Å². The van der Waals surface area contributed by atoms with Crippen LogP contribution in [-0.2, 0) is 0 Å². The molecule has 0 bridgehead atoms. The maximum absolute atomic E-state index is 10.4. The fourth-order valence-electron chi connectivity index (χ4n) is 0.588. The summed E-state index contributed by atoms with van der Waals surface area (Å²) in [7, 11) is 0. The van der Waals surface area contributed by atoms with Gasteiger partial charge in [-0.15, -0.1) is 17.0 Å². The van der Waals surface area contributed by atoms with E-state index >= 15 is 0 Å². The van der Waals surface area contributed by atoms with Crippen molar-refractivity contribution in [2.75, 3.05) is 0 Å². The molecule has 0 atom stereocenters. The second-order valence-electron chi connectivity index (χ2n) is 1.81. The number of aromatic carboxylic acids is 1. The monoisotopic (exact) mass is 271 g/mol. The van der Waals surface area contributed by atoms with Crippen molar-refractivity contribution in [2.24, 2.45) is 0 Å². The van der Waals surface area contributed by atoms with E-state index in [-0.39, 0.29) is 32.9 Å². The highest BCUT2D eigenvalue weighted by atomic mass is 79.9. The maximum Gasteiger partial charge on any atom is 0.335 e. The van der Waals surface area contributed by atoms with Crippen LogP contribution in [0, 0.1) is 0 Å². The van der Waals surface area contributed by atoms with E-state index in [1.165, 1.54) is 12.1 Å². The maximum atomic E-state index is 10.4. The van der Waals surface area contributed by atoms with Gasteiger partial charge in [0.2, 0.25) is 0 Å². The number of nitrogens with zero attached hydrogens (tertiary/aromatic N) is 1. The van der Waals surface area contributed by atoms with Crippen LogP contribution in [0.25, 0.3) is 0 Å². The van der Waals surface area contributed by atoms with Crippen LogP contribution in [0.1, 0.15) is 10.4 Å². The van der Waals surface area contributed by atoms with Gasteiger partial charge in [0.25, 0.3) is 0 Å². The number of carbonyl (C=O) groups is 1. The van der Waals surface area contributed by atoms with Gasteiger partial charge in [0.05, 0.1) is 5.56 Å². The molecule has 12 heavy (non-hydrogen) atoms. The molecule has 0 unspecified atom stereocenters. The van der Waals surface area contributed by atoms with E-state index in [4.69, 9.17) is 28.3 Å². The molecule has 0 radical (unpaired) electrons. The van der Waals surface area contributed by atoms with Crippen molar-refractivity contribution < 1.29 is 9.90 Å². The molecular weight excluding hydrogens is 269 g/mol. The van der Waals surface area contributed by atoms with Crippen LogP contribution < -0.4 is 0 Å². The first-order valence-electron chi connectivity index (χ1n) is 2.66. The highest BCUT2D eigenvalue weighted by Gasteiger charge is 2.05.